The number of carbonyl (C=O) groups is 4. The summed E-state index contributed by atoms with van der Waals surface area (Å²) >= 11 is 0. The van der Waals surface area contributed by atoms with E-state index in [1.165, 1.54) is 23.1 Å². The molecule has 16 heteroatoms. The number of piperidine rings is 1. The fourth-order valence-corrected chi connectivity index (χ4v) is 8.93. The number of aliphatic imine (C=N–C) groups is 1. The summed E-state index contributed by atoms with van der Waals surface area (Å²) in [6.07, 6.45) is 3.83. The summed E-state index contributed by atoms with van der Waals surface area (Å²) in [7, 11) is 0. The van der Waals surface area contributed by atoms with Crippen molar-refractivity contribution in [3.05, 3.63) is 41.9 Å². The first kappa shape index (κ1) is 38.2. The number of alkyl halides is 4. The van der Waals surface area contributed by atoms with Gasteiger partial charge >= 0.3 is 0 Å². The van der Waals surface area contributed by atoms with Crippen molar-refractivity contribution in [2.75, 3.05) is 38.2 Å². The summed E-state index contributed by atoms with van der Waals surface area (Å²) in [4.78, 5) is 60.0. The van der Waals surface area contributed by atoms with Crippen LogP contribution in [0.15, 0.2) is 35.5 Å². The highest BCUT2D eigenvalue weighted by Crippen LogP contribution is 2.66. The molecule has 294 valence electrons. The number of amides is 4. The fourth-order valence-electron chi connectivity index (χ4n) is 8.93. The van der Waals surface area contributed by atoms with Gasteiger partial charge in [-0.25, -0.2) is 22.0 Å². The van der Waals surface area contributed by atoms with Crippen LogP contribution in [0.1, 0.15) is 76.7 Å². The first-order valence-corrected chi connectivity index (χ1v) is 18.8. The third kappa shape index (κ3) is 7.34. The molecule has 2 aliphatic heterocycles. The molecule has 7 rings (SSSR count). The smallest absolute Gasteiger partial charge is 0.270 e. The molecule has 3 atom stereocenters. The van der Waals surface area contributed by atoms with Gasteiger partial charge in [0.15, 0.2) is 0 Å². The van der Waals surface area contributed by atoms with Crippen LogP contribution in [0.25, 0.3) is 0 Å². The molecule has 4 saturated carbocycles. The van der Waals surface area contributed by atoms with Gasteiger partial charge in [-0.05, 0) is 93.2 Å². The number of nitrogens with two attached hydrogens (primary N) is 1. The van der Waals surface area contributed by atoms with Gasteiger partial charge in [0.25, 0.3) is 11.8 Å². The second-order valence-corrected chi connectivity index (χ2v) is 16.4. The topological polar surface area (TPSA) is 155 Å². The molecule has 1 unspecified atom stereocenters. The highest BCUT2D eigenvalue weighted by atomic mass is 19.3. The highest BCUT2D eigenvalue weighted by Gasteiger charge is 2.71. The Bertz CT molecular complexity index is 1740. The van der Waals surface area contributed by atoms with Crippen LogP contribution in [0.2, 0.25) is 0 Å². The number of likely N-dealkylation sites (tertiary alicyclic amines) is 1. The molecular formula is C38H47F5N6O5. The van der Waals surface area contributed by atoms with E-state index < -0.39 is 82.0 Å². The molecule has 4 amide bonds. The first-order chi connectivity index (χ1) is 25.6. The number of hydrogen-bond acceptors (Lipinski definition) is 7. The number of rotatable bonds is 12. The number of hydrogen-bond donors (Lipinski definition) is 4. The number of halogens is 5. The lowest BCUT2D eigenvalue weighted by atomic mass is 9.73. The summed E-state index contributed by atoms with van der Waals surface area (Å²) in [5.74, 6) is -10.6. The van der Waals surface area contributed by atoms with Crippen LogP contribution in [0.3, 0.4) is 0 Å². The minimum atomic E-state index is -3.06. The van der Waals surface area contributed by atoms with Crippen LogP contribution < -0.4 is 21.7 Å². The van der Waals surface area contributed by atoms with E-state index in [2.05, 4.69) is 20.9 Å². The maximum absolute atomic E-state index is 16.0. The molecule has 0 aromatic heterocycles. The Balaban J connectivity index is 1.11. The van der Waals surface area contributed by atoms with Gasteiger partial charge in [0, 0.05) is 49.7 Å². The molecule has 5 N–H and O–H groups in total. The molecule has 2 spiro atoms. The molecule has 11 nitrogen and oxygen atoms in total. The summed E-state index contributed by atoms with van der Waals surface area (Å²) in [5, 5.41) is 7.95. The molecule has 0 bridgehead atoms. The zero-order valence-corrected chi connectivity index (χ0v) is 30.2. The Hall–Kier alpha value is -4.08. The molecule has 1 aromatic rings. The van der Waals surface area contributed by atoms with Crippen LogP contribution in [-0.4, -0.2) is 91.0 Å². The molecule has 0 radical (unpaired) electrons. The van der Waals surface area contributed by atoms with Crippen molar-refractivity contribution in [1.82, 2.24) is 15.5 Å². The van der Waals surface area contributed by atoms with Crippen molar-refractivity contribution < 1.29 is 45.9 Å². The normalized spacial score (nSPS) is 26.7. The fraction of sp³-hybridized carbons (Fsp3) is 0.658. The van der Waals surface area contributed by atoms with Crippen molar-refractivity contribution in [3.63, 3.8) is 0 Å². The average molecular weight is 763 g/mol. The Morgan fingerprint density at radius 2 is 1.69 bits per heavy atom. The van der Waals surface area contributed by atoms with Gasteiger partial charge in [-0.15, -0.1) is 0 Å². The second-order valence-electron chi connectivity index (χ2n) is 16.4. The van der Waals surface area contributed by atoms with Gasteiger partial charge in [0.2, 0.25) is 23.6 Å². The van der Waals surface area contributed by atoms with Crippen LogP contribution in [0.4, 0.5) is 27.6 Å². The number of benzene rings is 1. The second kappa shape index (κ2) is 13.9. The summed E-state index contributed by atoms with van der Waals surface area (Å²) in [6.45, 7) is 2.53. The first-order valence-electron chi connectivity index (χ1n) is 18.8. The van der Waals surface area contributed by atoms with Crippen molar-refractivity contribution in [2.45, 2.75) is 100 Å². The lowest BCUT2D eigenvalue weighted by Gasteiger charge is -2.38. The molecule has 2 saturated heterocycles. The van der Waals surface area contributed by atoms with Gasteiger partial charge in [-0.1, -0.05) is 6.07 Å². The molecule has 4 aliphatic carbocycles. The number of nitrogens with zero attached hydrogens (tertiary/aromatic N) is 2. The van der Waals surface area contributed by atoms with Crippen molar-refractivity contribution in [1.29, 1.82) is 0 Å². The van der Waals surface area contributed by atoms with E-state index in [0.717, 1.165) is 6.20 Å². The quantitative estimate of drug-likeness (QED) is 0.185. The van der Waals surface area contributed by atoms with Gasteiger partial charge in [-0.3, -0.25) is 24.2 Å². The Labute approximate surface area is 310 Å². The number of anilines is 1. The summed E-state index contributed by atoms with van der Waals surface area (Å²) < 4.78 is 79.4. The van der Waals surface area contributed by atoms with Crippen LogP contribution in [0, 0.1) is 28.5 Å². The van der Waals surface area contributed by atoms with E-state index in [1.54, 1.807) is 13.0 Å². The van der Waals surface area contributed by atoms with E-state index in [1.807, 2.05) is 0 Å². The predicted molar refractivity (Wildman–Crippen MR) is 187 cm³/mol. The predicted octanol–water partition coefficient (Wildman–Crippen LogP) is 4.21. The molecular weight excluding hydrogens is 715 g/mol. The van der Waals surface area contributed by atoms with E-state index in [4.69, 9.17) is 10.5 Å². The molecule has 6 fully saturated rings. The van der Waals surface area contributed by atoms with Crippen LogP contribution in [0.5, 0.6) is 0 Å². The molecule has 1 aromatic carbocycles. The maximum Gasteiger partial charge on any atom is 0.270 e. The van der Waals surface area contributed by atoms with Gasteiger partial charge in [0.1, 0.15) is 23.6 Å². The van der Waals surface area contributed by atoms with E-state index >= 15 is 13.2 Å². The zero-order valence-electron chi connectivity index (χ0n) is 30.2. The minimum absolute atomic E-state index is 0.0951. The monoisotopic (exact) mass is 762 g/mol. The van der Waals surface area contributed by atoms with Crippen molar-refractivity contribution >= 4 is 35.0 Å². The van der Waals surface area contributed by atoms with Crippen LogP contribution in [-0.2, 0) is 29.3 Å². The van der Waals surface area contributed by atoms with E-state index in [9.17, 15) is 28.0 Å². The zero-order chi connectivity index (χ0) is 38.7. The number of carbonyl (C=O) groups excluding carboxylic acids is 4. The van der Waals surface area contributed by atoms with Gasteiger partial charge in [0.05, 0.1) is 24.8 Å². The van der Waals surface area contributed by atoms with Crippen molar-refractivity contribution in [2.24, 2.45) is 33.4 Å². The van der Waals surface area contributed by atoms with Gasteiger partial charge < -0.3 is 31.3 Å². The average Bonchev–Trinajstić information content (AvgIpc) is 4.04. The molecule has 2 heterocycles. The highest BCUT2D eigenvalue weighted by molar-refractivity contribution is 6.43. The minimum Gasteiger partial charge on any atom is -0.405 e. The number of ether oxygens (including phenoxy) is 1. The number of nitrogens with one attached hydrogen (secondary N) is 3. The van der Waals surface area contributed by atoms with Gasteiger partial charge in [-0.2, -0.15) is 0 Å². The van der Waals surface area contributed by atoms with Crippen LogP contribution >= 0.6 is 0 Å². The largest absolute Gasteiger partial charge is 0.405 e. The Morgan fingerprint density at radius 1 is 1.00 bits per heavy atom. The summed E-state index contributed by atoms with van der Waals surface area (Å²) in [6, 6.07) is 1.49. The molecule has 6 aliphatic rings. The Kier molecular flexibility index (Phi) is 9.83. The Morgan fingerprint density at radius 3 is 2.22 bits per heavy atom. The van der Waals surface area contributed by atoms with E-state index in [0.29, 0.717) is 31.2 Å². The maximum atomic E-state index is 16.0. The van der Waals surface area contributed by atoms with E-state index in [-0.39, 0.29) is 82.3 Å². The molecule has 54 heavy (non-hydrogen) atoms. The SMILES string of the molecule is CCN=C(/C=C\N)C(=O)N[C@H](C(=O)Nc1ccc(C2([C@@H](NC(=O)C3COC3)C(=O)N3CCC4(CC3)CC4(F)F)CC2)cc1F)C1CC(F)(F)CC2(CC2)C1. The summed E-state index contributed by atoms with van der Waals surface area (Å²) in [5.41, 5.74) is 2.82. The van der Waals surface area contributed by atoms with Crippen molar-refractivity contribution in [3.8, 4) is 0 Å². The standard InChI is InChI=1S/C38H47F5N6O5/c1-2-45-27(5-12-44)31(51)47-28(22-16-34(6-7-34)20-37(40,41)17-22)32(52)46-26-4-3-24(15-25(26)39)36(8-9-36)29(48-30(50)23-18-54-19-23)33(53)49-13-10-35(11-14-49)21-38(35,42)43/h3-5,12,15,22-23,28-29H,2,6-11,13-14,16-21,44H2,1H3,(H,46,52)(H,47,51)(H,48,50)/b12-5-,45-27?/t22?,28-,29-/m0/s1. The lowest BCUT2D eigenvalue weighted by molar-refractivity contribution is -0.146. The third-order valence-corrected chi connectivity index (χ3v) is 12.6. The third-order valence-electron chi connectivity index (χ3n) is 12.6. The lowest BCUT2D eigenvalue weighted by Crippen LogP contribution is -2.58.